The second kappa shape index (κ2) is 5.76. The standard InChI is InChI=1S/C11H14Br2O/c1-3-8(2)7-14-11-5-9(12)4-10(13)6-11/h4-6,8H,3,7H2,1-2H3/t8-/m0/s1. The summed E-state index contributed by atoms with van der Waals surface area (Å²) < 4.78 is 7.73. The van der Waals surface area contributed by atoms with Gasteiger partial charge in [0, 0.05) is 8.95 Å². The van der Waals surface area contributed by atoms with E-state index >= 15 is 0 Å². The van der Waals surface area contributed by atoms with Crippen molar-refractivity contribution in [1.82, 2.24) is 0 Å². The Morgan fingerprint density at radius 2 is 1.79 bits per heavy atom. The summed E-state index contributed by atoms with van der Waals surface area (Å²) in [6.07, 6.45) is 1.15. The number of hydrogen-bond acceptors (Lipinski definition) is 1. The maximum atomic E-state index is 5.66. The Bertz CT molecular complexity index is 279. The van der Waals surface area contributed by atoms with E-state index in [1.54, 1.807) is 0 Å². The van der Waals surface area contributed by atoms with E-state index in [0.29, 0.717) is 5.92 Å². The van der Waals surface area contributed by atoms with Crippen LogP contribution in [-0.4, -0.2) is 6.61 Å². The zero-order chi connectivity index (χ0) is 10.6. The molecule has 0 N–H and O–H groups in total. The Morgan fingerprint density at radius 1 is 1.21 bits per heavy atom. The van der Waals surface area contributed by atoms with Gasteiger partial charge in [-0.3, -0.25) is 0 Å². The third kappa shape index (κ3) is 4.01. The lowest BCUT2D eigenvalue weighted by Crippen LogP contribution is -2.07. The molecule has 0 aliphatic rings. The van der Waals surface area contributed by atoms with Crippen molar-refractivity contribution in [1.29, 1.82) is 0 Å². The lowest BCUT2D eigenvalue weighted by Gasteiger charge is -2.11. The normalized spacial score (nSPS) is 12.6. The molecule has 78 valence electrons. The van der Waals surface area contributed by atoms with Gasteiger partial charge in [-0.05, 0) is 24.1 Å². The van der Waals surface area contributed by atoms with Crippen LogP contribution in [0.25, 0.3) is 0 Å². The van der Waals surface area contributed by atoms with Gasteiger partial charge in [0.1, 0.15) is 5.75 Å². The van der Waals surface area contributed by atoms with Gasteiger partial charge in [0.15, 0.2) is 0 Å². The van der Waals surface area contributed by atoms with E-state index in [2.05, 4.69) is 45.7 Å². The molecule has 1 aromatic rings. The minimum atomic E-state index is 0.604. The van der Waals surface area contributed by atoms with Gasteiger partial charge in [0.25, 0.3) is 0 Å². The molecule has 0 radical (unpaired) electrons. The predicted molar refractivity (Wildman–Crippen MR) is 66.8 cm³/mol. The van der Waals surface area contributed by atoms with Crippen LogP contribution in [0.5, 0.6) is 5.75 Å². The van der Waals surface area contributed by atoms with Crippen LogP contribution in [0.3, 0.4) is 0 Å². The van der Waals surface area contributed by atoms with Gasteiger partial charge in [0.05, 0.1) is 6.61 Å². The Morgan fingerprint density at radius 3 is 2.29 bits per heavy atom. The molecule has 0 saturated carbocycles. The highest BCUT2D eigenvalue weighted by atomic mass is 79.9. The molecule has 0 aromatic heterocycles. The Balaban J connectivity index is 2.58. The predicted octanol–water partition coefficient (Wildman–Crippen LogP) is 4.64. The molecule has 0 heterocycles. The molecule has 0 aliphatic carbocycles. The van der Waals surface area contributed by atoms with Crippen molar-refractivity contribution in [3.63, 3.8) is 0 Å². The number of halogens is 2. The van der Waals surface area contributed by atoms with Gasteiger partial charge in [-0.15, -0.1) is 0 Å². The van der Waals surface area contributed by atoms with Crippen molar-refractivity contribution < 1.29 is 4.74 Å². The van der Waals surface area contributed by atoms with E-state index < -0.39 is 0 Å². The van der Waals surface area contributed by atoms with Crippen molar-refractivity contribution in [2.75, 3.05) is 6.61 Å². The van der Waals surface area contributed by atoms with Gasteiger partial charge in [-0.2, -0.15) is 0 Å². The van der Waals surface area contributed by atoms with E-state index in [0.717, 1.165) is 27.7 Å². The van der Waals surface area contributed by atoms with Crippen molar-refractivity contribution in [3.05, 3.63) is 27.1 Å². The Labute approximate surface area is 102 Å². The van der Waals surface area contributed by atoms with Gasteiger partial charge in [-0.25, -0.2) is 0 Å². The lowest BCUT2D eigenvalue weighted by atomic mass is 10.1. The molecule has 1 nitrogen and oxygen atoms in total. The summed E-state index contributed by atoms with van der Waals surface area (Å²) in [7, 11) is 0. The van der Waals surface area contributed by atoms with Gasteiger partial charge >= 0.3 is 0 Å². The van der Waals surface area contributed by atoms with E-state index in [1.807, 2.05) is 18.2 Å². The van der Waals surface area contributed by atoms with Crippen molar-refractivity contribution >= 4 is 31.9 Å². The number of ether oxygens (including phenoxy) is 1. The summed E-state index contributed by atoms with van der Waals surface area (Å²) in [4.78, 5) is 0. The zero-order valence-corrected chi connectivity index (χ0v) is 11.6. The summed E-state index contributed by atoms with van der Waals surface area (Å²) in [5, 5.41) is 0. The Hall–Kier alpha value is -0.0200. The van der Waals surface area contributed by atoms with Crippen LogP contribution in [-0.2, 0) is 0 Å². The summed E-state index contributed by atoms with van der Waals surface area (Å²) in [6, 6.07) is 5.95. The lowest BCUT2D eigenvalue weighted by molar-refractivity contribution is 0.256. The van der Waals surface area contributed by atoms with E-state index in [1.165, 1.54) is 0 Å². The summed E-state index contributed by atoms with van der Waals surface area (Å²) in [5.74, 6) is 1.51. The zero-order valence-electron chi connectivity index (χ0n) is 8.39. The fourth-order valence-corrected chi connectivity index (χ4v) is 2.22. The molecule has 1 aromatic carbocycles. The topological polar surface area (TPSA) is 9.23 Å². The third-order valence-electron chi connectivity index (χ3n) is 2.07. The minimum Gasteiger partial charge on any atom is -0.493 e. The molecule has 0 aliphatic heterocycles. The third-order valence-corrected chi connectivity index (χ3v) is 2.98. The van der Waals surface area contributed by atoms with Crippen LogP contribution in [0.2, 0.25) is 0 Å². The highest BCUT2D eigenvalue weighted by Crippen LogP contribution is 2.25. The molecule has 0 saturated heterocycles. The monoisotopic (exact) mass is 320 g/mol. The van der Waals surface area contributed by atoms with Crippen LogP contribution in [0.1, 0.15) is 20.3 Å². The van der Waals surface area contributed by atoms with Crippen LogP contribution >= 0.6 is 31.9 Å². The Kier molecular flexibility index (Phi) is 4.96. The van der Waals surface area contributed by atoms with Crippen LogP contribution in [0.4, 0.5) is 0 Å². The van der Waals surface area contributed by atoms with Gasteiger partial charge < -0.3 is 4.74 Å². The molecule has 0 bridgehead atoms. The van der Waals surface area contributed by atoms with Crippen molar-refractivity contribution in [2.45, 2.75) is 20.3 Å². The summed E-state index contributed by atoms with van der Waals surface area (Å²) >= 11 is 6.85. The van der Waals surface area contributed by atoms with Crippen molar-refractivity contribution in [2.24, 2.45) is 5.92 Å². The van der Waals surface area contributed by atoms with Crippen LogP contribution in [0.15, 0.2) is 27.1 Å². The average Bonchev–Trinajstić information content (AvgIpc) is 2.12. The fourth-order valence-electron chi connectivity index (χ4n) is 0.968. The first-order valence-corrected chi connectivity index (χ1v) is 6.29. The average molecular weight is 322 g/mol. The number of hydrogen-bond donors (Lipinski definition) is 0. The number of rotatable bonds is 4. The van der Waals surface area contributed by atoms with E-state index in [9.17, 15) is 0 Å². The second-order valence-corrected chi connectivity index (χ2v) is 5.26. The SMILES string of the molecule is CC[C@H](C)COc1cc(Br)cc(Br)c1. The molecule has 0 unspecified atom stereocenters. The largest absolute Gasteiger partial charge is 0.493 e. The van der Waals surface area contributed by atoms with Crippen molar-refractivity contribution in [3.8, 4) is 5.75 Å². The second-order valence-electron chi connectivity index (χ2n) is 3.43. The van der Waals surface area contributed by atoms with Gasteiger partial charge in [0.2, 0.25) is 0 Å². The molecular formula is C11H14Br2O. The molecule has 1 rings (SSSR count). The molecule has 0 fully saturated rings. The molecule has 1 atom stereocenters. The minimum absolute atomic E-state index is 0.604. The smallest absolute Gasteiger partial charge is 0.121 e. The summed E-state index contributed by atoms with van der Waals surface area (Å²) in [6.45, 7) is 5.14. The summed E-state index contributed by atoms with van der Waals surface area (Å²) in [5.41, 5.74) is 0. The highest BCUT2D eigenvalue weighted by Gasteiger charge is 2.02. The molecule has 3 heteroatoms. The molecule has 0 spiro atoms. The van der Waals surface area contributed by atoms with Crippen LogP contribution < -0.4 is 4.74 Å². The maximum absolute atomic E-state index is 5.66. The maximum Gasteiger partial charge on any atom is 0.121 e. The first kappa shape index (κ1) is 12.1. The first-order chi connectivity index (χ1) is 6.61. The fraction of sp³-hybridized carbons (Fsp3) is 0.455. The molecule has 0 amide bonds. The van der Waals surface area contributed by atoms with E-state index in [-0.39, 0.29) is 0 Å². The highest BCUT2D eigenvalue weighted by molar-refractivity contribution is 9.11. The van der Waals surface area contributed by atoms with E-state index in [4.69, 9.17) is 4.74 Å². The van der Waals surface area contributed by atoms with Crippen LogP contribution in [0, 0.1) is 5.92 Å². The quantitative estimate of drug-likeness (QED) is 0.785. The molecular weight excluding hydrogens is 308 g/mol. The first-order valence-electron chi connectivity index (χ1n) is 4.70. The van der Waals surface area contributed by atoms with Gasteiger partial charge in [-0.1, -0.05) is 52.1 Å². The number of benzene rings is 1. The molecule has 14 heavy (non-hydrogen) atoms.